The highest BCUT2D eigenvalue weighted by atomic mass is 32.1. The molecule has 80 valence electrons. The van der Waals surface area contributed by atoms with Gasteiger partial charge in [0.05, 0.1) is 6.20 Å². The number of H-pyrrole nitrogens is 1. The van der Waals surface area contributed by atoms with E-state index in [2.05, 4.69) is 19.9 Å². The summed E-state index contributed by atoms with van der Waals surface area (Å²) in [6.07, 6.45) is 8.23. The average molecular weight is 230 g/mol. The number of fused-ring (bicyclic) bond motifs is 1. The maximum Gasteiger partial charge on any atom is 0.159 e. The monoisotopic (exact) mass is 230 g/mol. The van der Waals surface area contributed by atoms with E-state index < -0.39 is 0 Å². The first kappa shape index (κ1) is 9.59. The molecule has 0 unspecified atom stereocenters. The third-order valence-electron chi connectivity index (χ3n) is 2.76. The Morgan fingerprint density at radius 2 is 2.19 bits per heavy atom. The van der Waals surface area contributed by atoms with E-state index in [4.69, 9.17) is 12.2 Å². The first-order valence-corrected chi connectivity index (χ1v) is 5.64. The van der Waals surface area contributed by atoms with Crippen molar-refractivity contribution in [2.45, 2.75) is 19.3 Å². The van der Waals surface area contributed by atoms with E-state index in [0.717, 1.165) is 30.8 Å². The smallest absolute Gasteiger partial charge is 0.159 e. The van der Waals surface area contributed by atoms with Crippen LogP contribution in [-0.2, 0) is 12.8 Å². The fraction of sp³-hybridized carbons (Fsp3) is 0.273. The van der Waals surface area contributed by atoms with Gasteiger partial charge in [0.1, 0.15) is 10.3 Å². The summed E-state index contributed by atoms with van der Waals surface area (Å²) < 4.78 is 0.701. The van der Waals surface area contributed by atoms with Crippen molar-refractivity contribution in [3.63, 3.8) is 0 Å². The fourth-order valence-corrected chi connectivity index (χ4v) is 2.32. The van der Waals surface area contributed by atoms with Gasteiger partial charge >= 0.3 is 0 Å². The van der Waals surface area contributed by atoms with Crippen LogP contribution in [0.3, 0.4) is 0 Å². The Hall–Kier alpha value is -1.62. The van der Waals surface area contributed by atoms with Crippen LogP contribution in [0.15, 0.2) is 18.6 Å². The molecule has 0 aliphatic heterocycles. The molecule has 0 saturated heterocycles. The van der Waals surface area contributed by atoms with Gasteiger partial charge in [-0.15, -0.1) is 0 Å². The van der Waals surface area contributed by atoms with Crippen LogP contribution in [-0.4, -0.2) is 19.9 Å². The number of nitrogens with zero attached hydrogens (tertiary/aromatic N) is 3. The molecule has 0 atom stereocenters. The van der Waals surface area contributed by atoms with Crippen molar-refractivity contribution in [1.29, 1.82) is 0 Å². The molecule has 1 aliphatic rings. The second kappa shape index (κ2) is 3.75. The number of hydrogen-bond donors (Lipinski definition) is 1. The van der Waals surface area contributed by atoms with Crippen molar-refractivity contribution >= 4 is 12.2 Å². The van der Waals surface area contributed by atoms with Crippen molar-refractivity contribution in [2.24, 2.45) is 0 Å². The topological polar surface area (TPSA) is 54.5 Å². The fourth-order valence-electron chi connectivity index (χ4n) is 2.00. The van der Waals surface area contributed by atoms with E-state index >= 15 is 0 Å². The molecule has 0 bridgehead atoms. The molecule has 4 nitrogen and oxygen atoms in total. The van der Waals surface area contributed by atoms with E-state index in [1.54, 1.807) is 18.6 Å². The number of hydrogen-bond acceptors (Lipinski definition) is 4. The highest BCUT2D eigenvalue weighted by Crippen LogP contribution is 2.22. The minimum absolute atomic E-state index is 0.701. The van der Waals surface area contributed by atoms with E-state index in [1.165, 1.54) is 11.3 Å². The molecule has 2 aromatic rings. The van der Waals surface area contributed by atoms with E-state index in [9.17, 15) is 0 Å². The van der Waals surface area contributed by atoms with Crippen LogP contribution in [0.4, 0.5) is 0 Å². The third-order valence-corrected chi connectivity index (χ3v) is 3.10. The van der Waals surface area contributed by atoms with Gasteiger partial charge in [-0.3, -0.25) is 4.98 Å². The van der Waals surface area contributed by atoms with Crippen molar-refractivity contribution in [1.82, 2.24) is 19.9 Å². The summed E-state index contributed by atoms with van der Waals surface area (Å²) in [6, 6.07) is 0. The Kier molecular flexibility index (Phi) is 2.25. The normalized spacial score (nSPS) is 13.8. The van der Waals surface area contributed by atoms with E-state index in [-0.39, 0.29) is 0 Å². The summed E-state index contributed by atoms with van der Waals surface area (Å²) >= 11 is 5.29. The lowest BCUT2D eigenvalue weighted by atomic mass is 10.2. The number of aromatic amines is 1. The maximum atomic E-state index is 5.29. The Balaban J connectivity index is 2.17. The van der Waals surface area contributed by atoms with Gasteiger partial charge in [0.2, 0.25) is 0 Å². The Morgan fingerprint density at radius 1 is 1.25 bits per heavy atom. The highest BCUT2D eigenvalue weighted by Gasteiger charge is 2.15. The summed E-state index contributed by atoms with van der Waals surface area (Å²) in [4.78, 5) is 15.9. The largest absolute Gasteiger partial charge is 0.342 e. The minimum Gasteiger partial charge on any atom is -0.342 e. The average Bonchev–Trinajstić information content (AvgIpc) is 2.79. The number of nitrogens with one attached hydrogen (secondary N) is 1. The Morgan fingerprint density at radius 3 is 3.00 bits per heavy atom. The third kappa shape index (κ3) is 1.53. The molecule has 2 aromatic heterocycles. The van der Waals surface area contributed by atoms with E-state index in [0.29, 0.717) is 4.64 Å². The molecule has 0 aromatic carbocycles. The predicted octanol–water partition coefficient (Wildman–Crippen LogP) is 2.08. The van der Waals surface area contributed by atoms with Crippen LogP contribution < -0.4 is 0 Å². The molecule has 0 amide bonds. The van der Waals surface area contributed by atoms with Gasteiger partial charge in [-0.25, -0.2) is 9.97 Å². The minimum atomic E-state index is 0.701. The van der Waals surface area contributed by atoms with Crippen molar-refractivity contribution in [3.8, 4) is 11.5 Å². The van der Waals surface area contributed by atoms with Gasteiger partial charge in [0.25, 0.3) is 0 Å². The van der Waals surface area contributed by atoms with Gasteiger partial charge < -0.3 is 4.98 Å². The van der Waals surface area contributed by atoms with Crippen molar-refractivity contribution < 1.29 is 0 Å². The van der Waals surface area contributed by atoms with Gasteiger partial charge in [-0.05, 0) is 19.3 Å². The zero-order valence-electron chi connectivity index (χ0n) is 8.60. The molecule has 0 fully saturated rings. The van der Waals surface area contributed by atoms with Crippen LogP contribution in [0.2, 0.25) is 0 Å². The molecule has 0 spiro atoms. The summed E-state index contributed by atoms with van der Waals surface area (Å²) in [5.41, 5.74) is 3.14. The van der Waals surface area contributed by atoms with Gasteiger partial charge in [0.15, 0.2) is 5.82 Å². The second-order valence-electron chi connectivity index (χ2n) is 3.79. The number of rotatable bonds is 1. The molecule has 3 rings (SSSR count). The molecule has 5 heteroatoms. The number of aryl methyl sites for hydroxylation is 1. The first-order chi connectivity index (χ1) is 7.84. The maximum absolute atomic E-state index is 5.29. The Bertz CT molecular complexity index is 576. The summed E-state index contributed by atoms with van der Waals surface area (Å²) in [6.45, 7) is 0. The quantitative estimate of drug-likeness (QED) is 0.762. The second-order valence-corrected chi connectivity index (χ2v) is 4.18. The van der Waals surface area contributed by atoms with Crippen LogP contribution in [0.5, 0.6) is 0 Å². The lowest BCUT2D eigenvalue weighted by molar-refractivity contribution is 0.899. The number of aromatic nitrogens is 4. The Labute approximate surface area is 97.8 Å². The van der Waals surface area contributed by atoms with Crippen molar-refractivity contribution in [2.75, 3.05) is 0 Å². The molecule has 16 heavy (non-hydrogen) atoms. The molecule has 0 radical (unpaired) electrons. The molecular formula is C11H10N4S. The molecule has 2 heterocycles. The molecule has 1 aliphatic carbocycles. The van der Waals surface area contributed by atoms with Crippen LogP contribution >= 0.6 is 12.2 Å². The summed E-state index contributed by atoms with van der Waals surface area (Å²) in [5.74, 6) is 0.721. The predicted molar refractivity (Wildman–Crippen MR) is 62.5 cm³/mol. The van der Waals surface area contributed by atoms with Gasteiger partial charge in [-0.1, -0.05) is 12.2 Å². The summed E-state index contributed by atoms with van der Waals surface area (Å²) in [7, 11) is 0. The van der Waals surface area contributed by atoms with Crippen LogP contribution in [0.25, 0.3) is 11.5 Å². The molecular weight excluding hydrogens is 220 g/mol. The van der Waals surface area contributed by atoms with Gasteiger partial charge in [0, 0.05) is 23.7 Å². The zero-order chi connectivity index (χ0) is 11.0. The zero-order valence-corrected chi connectivity index (χ0v) is 9.42. The standard InChI is InChI=1S/C11H10N4S/c16-11-7-2-1-3-8(7)14-10(15-11)9-6-12-4-5-13-9/h4-6H,1-3H2,(H,14,15,16). The van der Waals surface area contributed by atoms with Crippen LogP contribution in [0, 0.1) is 4.64 Å². The lowest BCUT2D eigenvalue weighted by Gasteiger charge is -2.04. The van der Waals surface area contributed by atoms with E-state index in [1.807, 2.05) is 0 Å². The van der Waals surface area contributed by atoms with Crippen LogP contribution in [0.1, 0.15) is 17.7 Å². The highest BCUT2D eigenvalue weighted by molar-refractivity contribution is 7.71. The lowest BCUT2D eigenvalue weighted by Crippen LogP contribution is -1.98. The molecule has 0 saturated carbocycles. The summed E-state index contributed by atoms with van der Waals surface area (Å²) in [5, 5.41) is 0. The van der Waals surface area contributed by atoms with Crippen molar-refractivity contribution in [3.05, 3.63) is 34.5 Å². The SMILES string of the molecule is S=c1nc(-c2cnccn2)[nH]c2c1CCC2. The molecule has 1 N–H and O–H groups in total. The van der Waals surface area contributed by atoms with Gasteiger partial charge in [-0.2, -0.15) is 0 Å². The first-order valence-electron chi connectivity index (χ1n) is 5.23.